The number of carbonyl (C=O) groups is 1. The summed E-state index contributed by atoms with van der Waals surface area (Å²) in [6.45, 7) is 10.7. The third kappa shape index (κ3) is 3.63. The zero-order valence-electron chi connectivity index (χ0n) is 10.7. The normalized spacial score (nSPS) is 13.1. The topological polar surface area (TPSA) is 17.1 Å². The molecule has 90 valence electrons. The lowest BCUT2D eigenvalue weighted by Gasteiger charge is -2.13. The van der Waals surface area contributed by atoms with Crippen LogP contribution in [0.15, 0.2) is 6.07 Å². The number of thioether (sulfide) groups is 1. The molecule has 1 atom stereocenters. The number of ketones is 1. The van der Waals surface area contributed by atoms with Gasteiger partial charge < -0.3 is 0 Å². The van der Waals surface area contributed by atoms with Crippen LogP contribution in [-0.4, -0.2) is 16.8 Å². The fourth-order valence-corrected chi connectivity index (χ4v) is 3.28. The standard InChI is InChI=1S/C13H20OS2/c1-8(2)10(4)15-7-13(14)12-6-9(3)16-11(12)5/h6,8,10H,7H2,1-5H3. The average Bonchev–Trinajstić information content (AvgIpc) is 2.53. The highest BCUT2D eigenvalue weighted by Gasteiger charge is 2.14. The van der Waals surface area contributed by atoms with Gasteiger partial charge in [-0.2, -0.15) is 11.8 Å². The average molecular weight is 256 g/mol. The van der Waals surface area contributed by atoms with Crippen LogP contribution in [0.2, 0.25) is 0 Å². The Morgan fingerprint density at radius 2 is 2.00 bits per heavy atom. The predicted molar refractivity (Wildman–Crippen MR) is 74.9 cm³/mol. The molecule has 16 heavy (non-hydrogen) atoms. The van der Waals surface area contributed by atoms with Gasteiger partial charge in [0, 0.05) is 20.6 Å². The molecule has 0 aliphatic heterocycles. The van der Waals surface area contributed by atoms with Crippen LogP contribution in [0.25, 0.3) is 0 Å². The zero-order valence-corrected chi connectivity index (χ0v) is 12.3. The summed E-state index contributed by atoms with van der Waals surface area (Å²) in [5.41, 5.74) is 0.922. The van der Waals surface area contributed by atoms with Crippen molar-refractivity contribution in [3.05, 3.63) is 21.4 Å². The molecule has 0 fully saturated rings. The minimum absolute atomic E-state index is 0.277. The zero-order chi connectivity index (χ0) is 12.3. The Kier molecular flexibility index (Phi) is 5.06. The fraction of sp³-hybridized carbons (Fsp3) is 0.615. The van der Waals surface area contributed by atoms with Gasteiger partial charge in [-0.1, -0.05) is 20.8 Å². The number of hydrogen-bond acceptors (Lipinski definition) is 3. The molecule has 0 amide bonds. The molecule has 0 N–H and O–H groups in total. The van der Waals surface area contributed by atoms with Crippen LogP contribution < -0.4 is 0 Å². The molecule has 1 aromatic rings. The highest BCUT2D eigenvalue weighted by molar-refractivity contribution is 8.00. The molecule has 3 heteroatoms. The van der Waals surface area contributed by atoms with E-state index in [1.54, 1.807) is 23.1 Å². The van der Waals surface area contributed by atoms with E-state index in [1.807, 2.05) is 13.0 Å². The number of aryl methyl sites for hydroxylation is 2. The van der Waals surface area contributed by atoms with E-state index < -0.39 is 0 Å². The van der Waals surface area contributed by atoms with E-state index in [4.69, 9.17) is 0 Å². The van der Waals surface area contributed by atoms with Crippen LogP contribution in [0.5, 0.6) is 0 Å². The summed E-state index contributed by atoms with van der Waals surface area (Å²) in [7, 11) is 0. The monoisotopic (exact) mass is 256 g/mol. The SMILES string of the molecule is Cc1cc(C(=O)CSC(C)C(C)C)c(C)s1. The van der Waals surface area contributed by atoms with Crippen molar-refractivity contribution < 1.29 is 4.79 Å². The number of Topliss-reactive ketones (excluding diaryl/α,β-unsaturated/α-hetero) is 1. The molecule has 1 aromatic heterocycles. The molecule has 0 radical (unpaired) electrons. The van der Waals surface area contributed by atoms with Gasteiger partial charge in [-0.15, -0.1) is 11.3 Å². The van der Waals surface area contributed by atoms with Crippen molar-refractivity contribution >= 4 is 28.9 Å². The van der Waals surface area contributed by atoms with E-state index in [0.29, 0.717) is 16.9 Å². The summed E-state index contributed by atoms with van der Waals surface area (Å²) in [6.07, 6.45) is 0. The minimum atomic E-state index is 0.277. The van der Waals surface area contributed by atoms with Gasteiger partial charge in [0.15, 0.2) is 5.78 Å². The lowest BCUT2D eigenvalue weighted by molar-refractivity contribution is 0.102. The number of hydrogen-bond donors (Lipinski definition) is 0. The minimum Gasteiger partial charge on any atom is -0.293 e. The lowest BCUT2D eigenvalue weighted by Crippen LogP contribution is -2.11. The Labute approximate surface area is 107 Å². The summed E-state index contributed by atoms with van der Waals surface area (Å²) in [5.74, 6) is 1.51. The quantitative estimate of drug-likeness (QED) is 0.730. The summed E-state index contributed by atoms with van der Waals surface area (Å²) in [6, 6.07) is 2.02. The lowest BCUT2D eigenvalue weighted by atomic mass is 10.1. The maximum atomic E-state index is 12.0. The highest BCUT2D eigenvalue weighted by Crippen LogP contribution is 2.24. The van der Waals surface area contributed by atoms with Crippen molar-refractivity contribution in [2.24, 2.45) is 5.92 Å². The second-order valence-electron chi connectivity index (χ2n) is 4.51. The number of rotatable bonds is 5. The first-order valence-electron chi connectivity index (χ1n) is 5.63. The molecule has 0 aliphatic rings. The molecule has 0 saturated heterocycles. The first kappa shape index (κ1) is 13.8. The van der Waals surface area contributed by atoms with Gasteiger partial charge >= 0.3 is 0 Å². The van der Waals surface area contributed by atoms with Crippen LogP contribution in [0.4, 0.5) is 0 Å². The third-order valence-electron chi connectivity index (χ3n) is 2.76. The van der Waals surface area contributed by atoms with E-state index in [1.165, 1.54) is 4.88 Å². The molecular weight excluding hydrogens is 236 g/mol. The Morgan fingerprint density at radius 1 is 1.38 bits per heavy atom. The molecule has 0 aromatic carbocycles. The van der Waals surface area contributed by atoms with Gasteiger partial charge in [-0.3, -0.25) is 4.79 Å². The van der Waals surface area contributed by atoms with Crippen molar-refractivity contribution in [1.29, 1.82) is 0 Å². The van der Waals surface area contributed by atoms with Gasteiger partial charge in [0.1, 0.15) is 0 Å². The molecule has 0 spiro atoms. The number of thiophene rings is 1. The van der Waals surface area contributed by atoms with E-state index in [-0.39, 0.29) is 5.78 Å². The predicted octanol–water partition coefficient (Wildman–Crippen LogP) is 4.33. The summed E-state index contributed by atoms with van der Waals surface area (Å²) in [4.78, 5) is 14.4. The second kappa shape index (κ2) is 5.87. The van der Waals surface area contributed by atoms with Gasteiger partial charge in [0.2, 0.25) is 0 Å². The molecule has 1 nitrogen and oxygen atoms in total. The van der Waals surface area contributed by atoms with E-state index in [0.717, 1.165) is 10.4 Å². The molecule has 1 heterocycles. The van der Waals surface area contributed by atoms with Gasteiger partial charge in [0.05, 0.1) is 5.75 Å². The molecule has 0 aliphatic carbocycles. The van der Waals surface area contributed by atoms with Gasteiger partial charge in [-0.25, -0.2) is 0 Å². The third-order valence-corrected chi connectivity index (χ3v) is 5.22. The van der Waals surface area contributed by atoms with Crippen molar-refractivity contribution in [2.45, 2.75) is 39.9 Å². The van der Waals surface area contributed by atoms with Crippen LogP contribution in [0.3, 0.4) is 0 Å². The fourth-order valence-electron chi connectivity index (χ4n) is 1.38. The molecule has 0 bridgehead atoms. The highest BCUT2D eigenvalue weighted by atomic mass is 32.2. The van der Waals surface area contributed by atoms with Crippen molar-refractivity contribution in [2.75, 3.05) is 5.75 Å². The van der Waals surface area contributed by atoms with Crippen molar-refractivity contribution in [1.82, 2.24) is 0 Å². The molecule has 1 rings (SSSR count). The van der Waals surface area contributed by atoms with E-state index >= 15 is 0 Å². The van der Waals surface area contributed by atoms with Gasteiger partial charge in [0.25, 0.3) is 0 Å². The second-order valence-corrected chi connectivity index (χ2v) is 7.34. The van der Waals surface area contributed by atoms with Crippen LogP contribution in [0.1, 0.15) is 40.9 Å². The van der Waals surface area contributed by atoms with Crippen molar-refractivity contribution in [3.8, 4) is 0 Å². The van der Waals surface area contributed by atoms with Crippen LogP contribution >= 0.6 is 23.1 Å². The Bertz CT molecular complexity index is 366. The molecular formula is C13H20OS2. The molecule has 0 saturated carbocycles. The summed E-state index contributed by atoms with van der Waals surface area (Å²) in [5, 5.41) is 0.545. The van der Waals surface area contributed by atoms with E-state index in [2.05, 4.69) is 27.7 Å². The smallest absolute Gasteiger partial charge is 0.173 e. The Hall–Kier alpha value is -0.280. The largest absolute Gasteiger partial charge is 0.293 e. The van der Waals surface area contributed by atoms with E-state index in [9.17, 15) is 4.79 Å². The first-order chi connectivity index (χ1) is 7.41. The van der Waals surface area contributed by atoms with Crippen LogP contribution in [-0.2, 0) is 0 Å². The van der Waals surface area contributed by atoms with Gasteiger partial charge in [-0.05, 0) is 25.8 Å². The maximum absolute atomic E-state index is 12.0. The first-order valence-corrected chi connectivity index (χ1v) is 7.50. The molecule has 1 unspecified atom stereocenters. The van der Waals surface area contributed by atoms with Crippen molar-refractivity contribution in [3.63, 3.8) is 0 Å². The Morgan fingerprint density at radius 3 is 2.44 bits per heavy atom. The summed E-state index contributed by atoms with van der Waals surface area (Å²) >= 11 is 3.47. The maximum Gasteiger partial charge on any atom is 0.173 e. The Balaban J connectivity index is 2.56. The number of carbonyl (C=O) groups excluding carboxylic acids is 1. The van der Waals surface area contributed by atoms with Crippen LogP contribution in [0, 0.1) is 19.8 Å². The summed E-state index contributed by atoms with van der Waals surface area (Å²) < 4.78 is 0.